The number of ketones is 1. The summed E-state index contributed by atoms with van der Waals surface area (Å²) in [5.41, 5.74) is 35.3. The van der Waals surface area contributed by atoms with Crippen LogP contribution in [0.1, 0.15) is 112 Å². The molecule has 5 atom stereocenters. The smallest absolute Gasteiger partial charge is 0.242 e. The van der Waals surface area contributed by atoms with Gasteiger partial charge in [0.15, 0.2) is 17.7 Å². The number of nitrogens with two attached hydrogens (primary N) is 6. The highest BCUT2D eigenvalue weighted by Crippen LogP contribution is 2.45. The predicted octanol–water partition coefficient (Wildman–Crippen LogP) is 2.61. The van der Waals surface area contributed by atoms with E-state index in [1.165, 1.54) is 0 Å². The second kappa shape index (κ2) is 20.1. The van der Waals surface area contributed by atoms with Gasteiger partial charge in [-0.2, -0.15) is 0 Å². The highest BCUT2D eigenvalue weighted by atomic mass is 16.2. The Bertz CT molecular complexity index is 1690. The molecule has 0 fully saturated rings. The summed E-state index contributed by atoms with van der Waals surface area (Å²) in [7, 11) is 0. The minimum atomic E-state index is -1.37. The number of aromatic nitrogens is 1. The van der Waals surface area contributed by atoms with E-state index in [-0.39, 0.29) is 72.7 Å². The number of benzene rings is 1. The van der Waals surface area contributed by atoms with Crippen LogP contribution < -0.4 is 45.0 Å². The molecule has 15 heteroatoms. The molecular weight excluding hydrogens is 711 g/mol. The van der Waals surface area contributed by atoms with Crippen molar-refractivity contribution in [3.05, 3.63) is 35.5 Å². The zero-order valence-corrected chi connectivity index (χ0v) is 35.3. The van der Waals surface area contributed by atoms with Crippen LogP contribution in [-0.4, -0.2) is 78.5 Å². The van der Waals surface area contributed by atoms with Crippen molar-refractivity contribution >= 4 is 46.7 Å². The number of carbonyl (C=O) groups excluding carboxylic acids is 4. The summed E-state index contributed by atoms with van der Waals surface area (Å²) in [4.78, 5) is 65.6. The molecule has 0 radical (unpaired) electrons. The van der Waals surface area contributed by atoms with Gasteiger partial charge in [0.2, 0.25) is 11.8 Å². The molecule has 0 aliphatic carbocycles. The number of rotatable bonds is 21. The summed E-state index contributed by atoms with van der Waals surface area (Å²) in [6.45, 7) is 19.0. The molecule has 314 valence electrons. The number of Topliss-reactive ketones (excluding diaryl/α,β-unsaturated/α-hetero) is 1. The van der Waals surface area contributed by atoms with Gasteiger partial charge in [-0.05, 0) is 78.2 Å². The van der Waals surface area contributed by atoms with E-state index >= 15 is 0 Å². The molecule has 0 aliphatic rings. The third-order valence-electron chi connectivity index (χ3n) is 10.9. The number of aliphatic imine (C=N–C) groups is 2. The van der Waals surface area contributed by atoms with Gasteiger partial charge < -0.3 is 54.8 Å². The molecule has 1 heterocycles. The zero-order chi connectivity index (χ0) is 42.6. The van der Waals surface area contributed by atoms with Gasteiger partial charge in [0.1, 0.15) is 12.3 Å². The van der Waals surface area contributed by atoms with Crippen LogP contribution in [0.25, 0.3) is 10.9 Å². The minimum absolute atomic E-state index is 0.0402. The molecule has 0 aliphatic heterocycles. The summed E-state index contributed by atoms with van der Waals surface area (Å²) in [6.07, 6.45) is 5.06. The molecule has 56 heavy (non-hydrogen) atoms. The molecule has 1 aromatic carbocycles. The summed E-state index contributed by atoms with van der Waals surface area (Å²) in [5, 5.41) is 6.92. The molecule has 2 aromatic rings. The van der Waals surface area contributed by atoms with Crippen molar-refractivity contribution in [2.75, 3.05) is 19.6 Å². The molecule has 2 amide bonds. The summed E-state index contributed by atoms with van der Waals surface area (Å²) in [5.74, 6) is -1.44. The van der Waals surface area contributed by atoms with Crippen molar-refractivity contribution in [1.29, 1.82) is 0 Å². The quantitative estimate of drug-likeness (QED) is 0.0293. The first-order chi connectivity index (χ1) is 25.9. The summed E-state index contributed by atoms with van der Waals surface area (Å²) in [6, 6.07) is 3.38. The van der Waals surface area contributed by atoms with Crippen LogP contribution >= 0.6 is 0 Å². The Labute approximate surface area is 333 Å². The monoisotopic (exact) mass is 782 g/mol. The van der Waals surface area contributed by atoms with Crippen molar-refractivity contribution in [3.8, 4) is 0 Å². The number of aldehydes is 1. The Hall–Kier alpha value is -4.50. The molecular formula is C41H71N11O4. The lowest BCUT2D eigenvalue weighted by Gasteiger charge is -2.42. The fraction of sp³-hybridized carbons (Fsp3) is 0.659. The Morgan fingerprint density at radius 2 is 1.41 bits per heavy atom. The number of fused-ring (bicyclic) bond motifs is 1. The Kier molecular flexibility index (Phi) is 17.1. The van der Waals surface area contributed by atoms with Gasteiger partial charge in [0.05, 0.1) is 17.5 Å². The van der Waals surface area contributed by atoms with Gasteiger partial charge in [-0.25, -0.2) is 0 Å². The first-order valence-electron chi connectivity index (χ1n) is 19.7. The average Bonchev–Trinajstić information content (AvgIpc) is 3.49. The minimum Gasteiger partial charge on any atom is -0.370 e. The third-order valence-corrected chi connectivity index (χ3v) is 10.9. The van der Waals surface area contributed by atoms with Crippen LogP contribution in [0, 0.1) is 22.2 Å². The molecule has 15 N–H and O–H groups in total. The van der Waals surface area contributed by atoms with E-state index < -0.39 is 34.9 Å². The van der Waals surface area contributed by atoms with Crippen LogP contribution in [0.5, 0.6) is 0 Å². The Morgan fingerprint density at radius 3 is 1.93 bits per heavy atom. The molecule has 0 bridgehead atoms. The topological polar surface area (TPSA) is 289 Å². The van der Waals surface area contributed by atoms with Gasteiger partial charge >= 0.3 is 0 Å². The first-order valence-corrected chi connectivity index (χ1v) is 19.7. The van der Waals surface area contributed by atoms with Crippen LogP contribution in [-0.2, 0) is 31.0 Å². The molecule has 2 unspecified atom stereocenters. The van der Waals surface area contributed by atoms with Gasteiger partial charge in [-0.15, -0.1) is 0 Å². The van der Waals surface area contributed by atoms with E-state index in [1.54, 1.807) is 0 Å². The van der Waals surface area contributed by atoms with Crippen molar-refractivity contribution in [3.63, 3.8) is 0 Å². The lowest BCUT2D eigenvalue weighted by atomic mass is 9.59. The maximum Gasteiger partial charge on any atom is 0.242 e. The number of hydrogen-bond acceptors (Lipinski definition) is 8. The van der Waals surface area contributed by atoms with Gasteiger partial charge in [0, 0.05) is 36.7 Å². The number of hydrogen-bond donors (Lipinski definition) is 9. The fourth-order valence-corrected chi connectivity index (χ4v) is 7.12. The maximum absolute atomic E-state index is 13.9. The van der Waals surface area contributed by atoms with E-state index in [2.05, 4.69) is 52.4 Å². The standard InChI is InChI=1S/C41H71N11O4/c1-38(2,3)26(17-18-41(24-53,40(7,8)9)33(54)29(42)15-11-19-48-36(44)45)23-51-35(56)31(16-12-20-49-37(46)47)52-34(55)30(43)21-25-22-50-32-27(25)13-10-14-28(32)39(4,5)6/h10,13-14,22,24,26,29-31,50H,11-12,15-21,23,42-43H2,1-9H3,(H,51,56)(H,52,55)(H4,44,45,48)(H4,46,47,49)/t26?,29-,30-,31-,41?/m0/s1. The van der Waals surface area contributed by atoms with Crippen molar-refractivity contribution < 1.29 is 19.2 Å². The molecule has 1 aromatic heterocycles. The lowest BCUT2D eigenvalue weighted by molar-refractivity contribution is -0.144. The number of guanidine groups is 2. The summed E-state index contributed by atoms with van der Waals surface area (Å²) < 4.78 is 0. The molecule has 15 nitrogen and oxygen atoms in total. The second-order valence-electron chi connectivity index (χ2n) is 18.2. The van der Waals surface area contributed by atoms with E-state index in [0.717, 1.165) is 28.3 Å². The van der Waals surface area contributed by atoms with Crippen LogP contribution in [0.4, 0.5) is 0 Å². The average molecular weight is 782 g/mol. The normalized spacial score (nSPS) is 15.5. The van der Waals surface area contributed by atoms with Gasteiger partial charge in [-0.1, -0.05) is 80.5 Å². The van der Waals surface area contributed by atoms with Crippen LogP contribution in [0.15, 0.2) is 34.4 Å². The Balaban J connectivity index is 2.25. The number of aromatic amines is 1. The van der Waals surface area contributed by atoms with Crippen LogP contribution in [0.3, 0.4) is 0 Å². The van der Waals surface area contributed by atoms with Gasteiger partial charge in [-0.3, -0.25) is 24.4 Å². The number of carbonyl (C=O) groups is 4. The fourth-order valence-electron chi connectivity index (χ4n) is 7.12. The number of nitrogens with zero attached hydrogens (tertiary/aromatic N) is 2. The second-order valence-corrected chi connectivity index (χ2v) is 18.2. The molecule has 0 saturated carbocycles. The highest BCUT2D eigenvalue weighted by Gasteiger charge is 2.50. The van der Waals surface area contributed by atoms with Crippen molar-refractivity contribution in [2.45, 2.75) is 131 Å². The Morgan fingerprint density at radius 1 is 0.821 bits per heavy atom. The third kappa shape index (κ3) is 13.3. The first kappa shape index (κ1) is 47.7. The molecule has 0 spiro atoms. The predicted molar refractivity (Wildman–Crippen MR) is 227 cm³/mol. The molecule has 2 rings (SSSR count). The lowest BCUT2D eigenvalue weighted by Crippen LogP contribution is -2.53. The van der Waals surface area contributed by atoms with Crippen molar-refractivity contribution in [2.24, 2.45) is 66.5 Å². The molecule has 0 saturated heterocycles. The van der Waals surface area contributed by atoms with Crippen LogP contribution in [0.2, 0.25) is 0 Å². The van der Waals surface area contributed by atoms with Crippen molar-refractivity contribution in [1.82, 2.24) is 15.6 Å². The zero-order valence-electron chi connectivity index (χ0n) is 35.3. The SMILES string of the molecule is CC(C)(C)c1cccc2c(C[C@H](N)C(=O)N[C@@H](CCCN=C(N)N)C(=O)NCC(CCC(C=O)(C(=O)[C@@H](N)CCCN=C(N)N)C(C)(C)C)C(C)(C)C)c[nH]c12. The van der Waals surface area contributed by atoms with Gasteiger partial charge in [0.25, 0.3) is 0 Å². The number of nitrogens with one attached hydrogen (secondary N) is 3. The number of amides is 2. The van der Waals surface area contributed by atoms with E-state index in [0.29, 0.717) is 32.2 Å². The maximum atomic E-state index is 13.9. The largest absolute Gasteiger partial charge is 0.370 e. The van der Waals surface area contributed by atoms with E-state index in [9.17, 15) is 19.2 Å². The van der Waals surface area contributed by atoms with E-state index in [4.69, 9.17) is 34.4 Å². The highest BCUT2D eigenvalue weighted by molar-refractivity contribution is 6.02. The number of H-pyrrole nitrogens is 1. The van der Waals surface area contributed by atoms with E-state index in [1.807, 2.05) is 59.9 Å². The summed E-state index contributed by atoms with van der Waals surface area (Å²) >= 11 is 0. The number of para-hydroxylation sites is 1.